The SMILES string of the molecule is CCn1c(CN(c2ccc(F)cc2)S(C)(=O)=O)nnc1SCC(=O)N1CCCCC1. The van der Waals surface area contributed by atoms with Crippen molar-refractivity contribution in [2.75, 3.05) is 29.4 Å². The molecule has 1 aliphatic heterocycles. The molecule has 0 unspecified atom stereocenters. The van der Waals surface area contributed by atoms with Crippen molar-refractivity contribution in [1.82, 2.24) is 19.7 Å². The summed E-state index contributed by atoms with van der Waals surface area (Å²) in [6.07, 6.45) is 4.33. The van der Waals surface area contributed by atoms with E-state index in [-0.39, 0.29) is 18.2 Å². The molecule has 11 heteroatoms. The van der Waals surface area contributed by atoms with Crippen LogP contribution in [0.15, 0.2) is 29.4 Å². The Morgan fingerprint density at radius 1 is 1.17 bits per heavy atom. The Kier molecular flexibility index (Phi) is 7.35. The summed E-state index contributed by atoms with van der Waals surface area (Å²) in [4.78, 5) is 14.3. The predicted octanol–water partition coefficient (Wildman–Crippen LogP) is 2.51. The van der Waals surface area contributed by atoms with Gasteiger partial charge >= 0.3 is 0 Å². The largest absolute Gasteiger partial charge is 0.342 e. The number of halogens is 1. The van der Waals surface area contributed by atoms with Gasteiger partial charge in [-0.3, -0.25) is 9.10 Å². The topological polar surface area (TPSA) is 88.4 Å². The number of piperidine rings is 1. The molecule has 0 spiro atoms. The van der Waals surface area contributed by atoms with E-state index in [0.717, 1.165) is 42.9 Å². The van der Waals surface area contributed by atoms with Crippen LogP contribution in [0.5, 0.6) is 0 Å². The van der Waals surface area contributed by atoms with E-state index in [9.17, 15) is 17.6 Å². The molecule has 0 N–H and O–H groups in total. The van der Waals surface area contributed by atoms with Gasteiger partial charge in [-0.15, -0.1) is 10.2 Å². The molecular formula is C19H26FN5O3S2. The lowest BCUT2D eigenvalue weighted by molar-refractivity contribution is -0.129. The summed E-state index contributed by atoms with van der Waals surface area (Å²) in [6, 6.07) is 5.25. The van der Waals surface area contributed by atoms with Crippen LogP contribution in [0, 0.1) is 5.82 Å². The van der Waals surface area contributed by atoms with Crippen LogP contribution in [0.25, 0.3) is 0 Å². The number of carbonyl (C=O) groups is 1. The second-order valence-electron chi connectivity index (χ2n) is 7.12. The standard InChI is InChI=1S/C19H26FN5O3S2/c1-3-24-17(13-25(30(2,27)28)16-9-7-15(20)8-10-16)21-22-19(24)29-14-18(26)23-11-5-4-6-12-23/h7-10H,3-6,11-14H2,1-2H3. The van der Waals surface area contributed by atoms with E-state index in [2.05, 4.69) is 10.2 Å². The van der Waals surface area contributed by atoms with E-state index in [4.69, 9.17) is 0 Å². The number of hydrogen-bond donors (Lipinski definition) is 0. The van der Waals surface area contributed by atoms with Crippen molar-refractivity contribution in [3.63, 3.8) is 0 Å². The average molecular weight is 456 g/mol. The van der Waals surface area contributed by atoms with Gasteiger partial charge in [0.2, 0.25) is 15.9 Å². The van der Waals surface area contributed by atoms with Crippen molar-refractivity contribution in [3.05, 3.63) is 35.9 Å². The van der Waals surface area contributed by atoms with Crippen LogP contribution < -0.4 is 4.31 Å². The zero-order valence-electron chi connectivity index (χ0n) is 17.1. The number of rotatable bonds is 8. The monoisotopic (exact) mass is 455 g/mol. The molecule has 0 aliphatic carbocycles. The van der Waals surface area contributed by atoms with Crippen molar-refractivity contribution in [3.8, 4) is 0 Å². The van der Waals surface area contributed by atoms with Crippen LogP contribution in [-0.2, 0) is 27.9 Å². The van der Waals surface area contributed by atoms with Gasteiger partial charge in [-0.25, -0.2) is 12.8 Å². The molecule has 1 aromatic heterocycles. The van der Waals surface area contributed by atoms with Gasteiger partial charge < -0.3 is 9.47 Å². The quantitative estimate of drug-likeness (QED) is 0.569. The Morgan fingerprint density at radius 3 is 2.43 bits per heavy atom. The molecule has 2 heterocycles. The van der Waals surface area contributed by atoms with Crippen molar-refractivity contribution in [2.45, 2.75) is 44.4 Å². The van der Waals surface area contributed by atoms with Crippen molar-refractivity contribution in [2.24, 2.45) is 0 Å². The number of benzene rings is 1. The molecule has 2 aromatic rings. The first-order chi connectivity index (χ1) is 14.3. The van der Waals surface area contributed by atoms with Crippen LogP contribution >= 0.6 is 11.8 Å². The van der Waals surface area contributed by atoms with Crippen LogP contribution in [0.2, 0.25) is 0 Å². The summed E-state index contributed by atoms with van der Waals surface area (Å²) in [5.74, 6) is 0.364. The van der Waals surface area contributed by atoms with Gasteiger partial charge in [0.05, 0.1) is 24.2 Å². The summed E-state index contributed by atoms with van der Waals surface area (Å²) in [6.45, 7) is 4.00. The summed E-state index contributed by atoms with van der Waals surface area (Å²) < 4.78 is 40.9. The highest BCUT2D eigenvalue weighted by Crippen LogP contribution is 2.23. The van der Waals surface area contributed by atoms with Gasteiger partial charge in [0, 0.05) is 19.6 Å². The lowest BCUT2D eigenvalue weighted by Crippen LogP contribution is -2.36. The van der Waals surface area contributed by atoms with Crippen LogP contribution in [0.3, 0.4) is 0 Å². The molecule has 164 valence electrons. The lowest BCUT2D eigenvalue weighted by atomic mass is 10.1. The normalized spacial score (nSPS) is 14.7. The number of sulfonamides is 1. The molecule has 0 radical (unpaired) electrons. The summed E-state index contributed by atoms with van der Waals surface area (Å²) in [5, 5.41) is 8.91. The number of carbonyl (C=O) groups excluding carboxylic acids is 1. The Bertz CT molecular complexity index is 973. The Balaban J connectivity index is 1.75. The highest BCUT2D eigenvalue weighted by atomic mass is 32.2. The summed E-state index contributed by atoms with van der Waals surface area (Å²) >= 11 is 1.31. The van der Waals surface area contributed by atoms with Gasteiger partial charge in [0.15, 0.2) is 11.0 Å². The number of thioether (sulfide) groups is 1. The maximum absolute atomic E-state index is 13.3. The number of likely N-dealkylation sites (tertiary alicyclic amines) is 1. The van der Waals surface area contributed by atoms with Crippen molar-refractivity contribution >= 4 is 33.4 Å². The van der Waals surface area contributed by atoms with Crippen molar-refractivity contribution in [1.29, 1.82) is 0 Å². The Labute approximate surface area is 180 Å². The smallest absolute Gasteiger partial charge is 0.233 e. The van der Waals surface area contributed by atoms with E-state index < -0.39 is 15.8 Å². The van der Waals surface area contributed by atoms with Crippen molar-refractivity contribution < 1.29 is 17.6 Å². The molecule has 30 heavy (non-hydrogen) atoms. The number of aromatic nitrogens is 3. The second-order valence-corrected chi connectivity index (χ2v) is 9.97. The third kappa shape index (κ3) is 5.51. The number of amides is 1. The number of hydrogen-bond acceptors (Lipinski definition) is 6. The molecular weight excluding hydrogens is 429 g/mol. The predicted molar refractivity (Wildman–Crippen MR) is 114 cm³/mol. The fraction of sp³-hybridized carbons (Fsp3) is 0.526. The van der Waals surface area contributed by atoms with Crippen LogP contribution in [0.4, 0.5) is 10.1 Å². The Morgan fingerprint density at radius 2 is 1.83 bits per heavy atom. The van der Waals surface area contributed by atoms with E-state index in [1.807, 2.05) is 11.8 Å². The van der Waals surface area contributed by atoms with Gasteiger partial charge in [0.25, 0.3) is 0 Å². The molecule has 1 saturated heterocycles. The third-order valence-electron chi connectivity index (χ3n) is 4.94. The minimum atomic E-state index is -3.62. The minimum absolute atomic E-state index is 0.0358. The first kappa shape index (κ1) is 22.5. The molecule has 1 amide bonds. The molecule has 3 rings (SSSR count). The Hall–Kier alpha value is -2.14. The van der Waals surface area contributed by atoms with Gasteiger partial charge in [-0.2, -0.15) is 0 Å². The second kappa shape index (κ2) is 9.78. The van der Waals surface area contributed by atoms with Crippen LogP contribution in [0.1, 0.15) is 32.0 Å². The molecule has 1 fully saturated rings. The van der Waals surface area contributed by atoms with Gasteiger partial charge in [-0.05, 0) is 50.5 Å². The lowest BCUT2D eigenvalue weighted by Gasteiger charge is -2.26. The van der Waals surface area contributed by atoms with Crippen LogP contribution in [-0.4, -0.2) is 59.1 Å². The average Bonchev–Trinajstić information content (AvgIpc) is 3.12. The molecule has 0 bridgehead atoms. The maximum atomic E-state index is 13.3. The molecule has 8 nitrogen and oxygen atoms in total. The van der Waals surface area contributed by atoms with Gasteiger partial charge in [0.1, 0.15) is 5.82 Å². The molecule has 0 saturated carbocycles. The third-order valence-corrected chi connectivity index (χ3v) is 7.04. The molecule has 0 atom stereocenters. The molecule has 1 aliphatic rings. The fourth-order valence-electron chi connectivity index (χ4n) is 3.36. The zero-order chi connectivity index (χ0) is 21.7. The van der Waals surface area contributed by atoms with Gasteiger partial charge in [-0.1, -0.05) is 11.8 Å². The van der Waals surface area contributed by atoms with E-state index in [1.165, 1.54) is 36.0 Å². The highest BCUT2D eigenvalue weighted by molar-refractivity contribution is 7.99. The highest BCUT2D eigenvalue weighted by Gasteiger charge is 2.23. The summed E-state index contributed by atoms with van der Waals surface area (Å²) in [7, 11) is -3.62. The van der Waals surface area contributed by atoms with E-state index >= 15 is 0 Å². The zero-order valence-corrected chi connectivity index (χ0v) is 18.8. The first-order valence-electron chi connectivity index (χ1n) is 9.85. The number of nitrogens with zero attached hydrogens (tertiary/aromatic N) is 5. The summed E-state index contributed by atoms with van der Waals surface area (Å²) in [5.41, 5.74) is 0.346. The number of anilines is 1. The van der Waals surface area contributed by atoms with E-state index in [0.29, 0.717) is 23.2 Å². The maximum Gasteiger partial charge on any atom is 0.233 e. The fourth-order valence-corrected chi connectivity index (χ4v) is 5.14. The first-order valence-corrected chi connectivity index (χ1v) is 12.7. The molecule has 1 aromatic carbocycles. The van der Waals surface area contributed by atoms with E-state index in [1.54, 1.807) is 4.57 Å². The minimum Gasteiger partial charge on any atom is -0.342 e.